The van der Waals surface area contributed by atoms with Crippen LogP contribution in [0.2, 0.25) is 0 Å². The van der Waals surface area contributed by atoms with Crippen LogP contribution < -0.4 is 0 Å². The molecule has 2 rings (SSSR count). The quantitative estimate of drug-likeness (QED) is 0.644. The molecule has 0 heterocycles. The lowest BCUT2D eigenvalue weighted by molar-refractivity contribution is 0.924. The average Bonchev–Trinajstić information content (AvgIpc) is 2.18. The highest BCUT2D eigenvalue weighted by Crippen LogP contribution is 2.15. The maximum Gasteiger partial charge on any atom is -0.00991 e. The van der Waals surface area contributed by atoms with Gasteiger partial charge in [-0.25, -0.2) is 0 Å². The molecule has 0 saturated heterocycles. The van der Waals surface area contributed by atoms with E-state index in [-0.39, 0.29) is 0 Å². The zero-order valence-electron chi connectivity index (χ0n) is 7.88. The van der Waals surface area contributed by atoms with Crippen LogP contribution >= 0.6 is 0 Å². The standard InChI is InChI=1S/C13H13/c1-2-5-11-8-9-12-6-3-4-7-13(12)10-11/h3-4,6,8-10H,2,5H2,1H3. The Bertz CT molecular complexity index is 401. The molecule has 0 unspecified atom stereocenters. The minimum atomic E-state index is 1.17. The zero-order valence-corrected chi connectivity index (χ0v) is 7.88. The molecule has 0 aliphatic heterocycles. The molecule has 0 nitrogen and oxygen atoms in total. The first-order valence-electron chi connectivity index (χ1n) is 4.79. The number of hydrogen-bond acceptors (Lipinski definition) is 0. The second kappa shape index (κ2) is 3.61. The minimum Gasteiger partial charge on any atom is -0.0651 e. The molecule has 0 aliphatic rings. The van der Waals surface area contributed by atoms with Crippen molar-refractivity contribution < 1.29 is 0 Å². The van der Waals surface area contributed by atoms with E-state index >= 15 is 0 Å². The van der Waals surface area contributed by atoms with Crippen LogP contribution in [0.5, 0.6) is 0 Å². The molecule has 2 aromatic carbocycles. The molecule has 0 aromatic heterocycles. The highest BCUT2D eigenvalue weighted by Gasteiger charge is 1.94. The van der Waals surface area contributed by atoms with Crippen LogP contribution in [0.25, 0.3) is 10.8 Å². The first kappa shape index (κ1) is 8.31. The van der Waals surface area contributed by atoms with Crippen LogP contribution in [0.3, 0.4) is 0 Å². The van der Waals surface area contributed by atoms with Crippen LogP contribution in [-0.4, -0.2) is 0 Å². The maximum atomic E-state index is 3.25. The average molecular weight is 169 g/mol. The van der Waals surface area contributed by atoms with Gasteiger partial charge in [-0.15, -0.1) is 0 Å². The first-order valence-corrected chi connectivity index (χ1v) is 4.79. The number of hydrogen-bond donors (Lipinski definition) is 0. The van der Waals surface area contributed by atoms with Crippen LogP contribution in [0.1, 0.15) is 18.9 Å². The Labute approximate surface area is 79.2 Å². The summed E-state index contributed by atoms with van der Waals surface area (Å²) < 4.78 is 0. The third-order valence-corrected chi connectivity index (χ3v) is 2.27. The van der Waals surface area contributed by atoms with Crippen LogP contribution in [0, 0.1) is 6.07 Å². The van der Waals surface area contributed by atoms with Gasteiger partial charge >= 0.3 is 0 Å². The smallest absolute Gasteiger partial charge is 0.00991 e. The van der Waals surface area contributed by atoms with E-state index in [1.807, 2.05) is 12.1 Å². The highest BCUT2D eigenvalue weighted by atomic mass is 14.0. The Kier molecular flexibility index (Phi) is 2.31. The van der Waals surface area contributed by atoms with Gasteiger partial charge in [0.15, 0.2) is 0 Å². The first-order chi connectivity index (χ1) is 6.40. The summed E-state index contributed by atoms with van der Waals surface area (Å²) in [4.78, 5) is 0. The zero-order chi connectivity index (χ0) is 9.10. The summed E-state index contributed by atoms with van der Waals surface area (Å²) in [5.41, 5.74) is 1.41. The number of fused-ring (bicyclic) bond motifs is 1. The molecule has 0 fully saturated rings. The predicted octanol–water partition coefficient (Wildman–Crippen LogP) is 3.59. The summed E-state index contributed by atoms with van der Waals surface area (Å²) in [6, 6.07) is 16.0. The normalized spacial score (nSPS) is 10.5. The van der Waals surface area contributed by atoms with Gasteiger partial charge in [0.1, 0.15) is 0 Å². The number of rotatable bonds is 2. The van der Waals surface area contributed by atoms with Gasteiger partial charge in [-0.05, 0) is 28.8 Å². The monoisotopic (exact) mass is 169 g/mol. The molecule has 0 saturated carbocycles. The van der Waals surface area contributed by atoms with E-state index in [0.717, 1.165) is 0 Å². The minimum absolute atomic E-state index is 1.17. The van der Waals surface area contributed by atoms with E-state index in [1.54, 1.807) is 0 Å². The molecule has 1 radical (unpaired) electrons. The lowest BCUT2D eigenvalue weighted by Crippen LogP contribution is -1.82. The molecule has 0 heteroatoms. The van der Waals surface area contributed by atoms with E-state index in [2.05, 4.69) is 37.3 Å². The second-order valence-electron chi connectivity index (χ2n) is 3.34. The van der Waals surface area contributed by atoms with Gasteiger partial charge in [-0.3, -0.25) is 0 Å². The molecule has 0 atom stereocenters. The molecule has 0 amide bonds. The summed E-state index contributed by atoms with van der Waals surface area (Å²) in [7, 11) is 0. The van der Waals surface area contributed by atoms with Crippen molar-refractivity contribution in [3.8, 4) is 0 Å². The Morgan fingerprint density at radius 2 is 2.15 bits per heavy atom. The number of aryl methyl sites for hydroxylation is 1. The third kappa shape index (κ3) is 1.72. The van der Waals surface area contributed by atoms with Crippen molar-refractivity contribution >= 4 is 10.8 Å². The van der Waals surface area contributed by atoms with Gasteiger partial charge in [0.2, 0.25) is 0 Å². The third-order valence-electron chi connectivity index (χ3n) is 2.27. The Morgan fingerprint density at radius 1 is 1.23 bits per heavy atom. The van der Waals surface area contributed by atoms with E-state index in [4.69, 9.17) is 0 Å². The summed E-state index contributed by atoms with van der Waals surface area (Å²) in [6.45, 7) is 2.21. The van der Waals surface area contributed by atoms with Crippen LogP contribution in [-0.2, 0) is 6.42 Å². The fourth-order valence-corrected chi connectivity index (χ4v) is 1.61. The lowest BCUT2D eigenvalue weighted by atomic mass is 10.0. The SMILES string of the molecule is CCCc1ccc2ccc[c]c2c1. The van der Waals surface area contributed by atoms with Crippen molar-refractivity contribution in [1.82, 2.24) is 0 Å². The van der Waals surface area contributed by atoms with Crippen molar-refractivity contribution in [2.75, 3.05) is 0 Å². The maximum absolute atomic E-state index is 3.25. The highest BCUT2D eigenvalue weighted by molar-refractivity contribution is 5.82. The summed E-state index contributed by atoms with van der Waals surface area (Å²) in [5, 5.41) is 2.51. The van der Waals surface area contributed by atoms with E-state index in [1.165, 1.54) is 29.2 Å². The fourth-order valence-electron chi connectivity index (χ4n) is 1.61. The molecule has 0 bridgehead atoms. The molecule has 0 spiro atoms. The Morgan fingerprint density at radius 3 is 3.00 bits per heavy atom. The lowest BCUT2D eigenvalue weighted by Gasteiger charge is -2.00. The summed E-state index contributed by atoms with van der Waals surface area (Å²) in [5.74, 6) is 0. The van der Waals surface area contributed by atoms with Gasteiger partial charge in [-0.2, -0.15) is 0 Å². The van der Waals surface area contributed by atoms with Gasteiger partial charge in [0.05, 0.1) is 0 Å². The van der Waals surface area contributed by atoms with E-state index in [9.17, 15) is 0 Å². The van der Waals surface area contributed by atoms with Gasteiger partial charge in [0.25, 0.3) is 0 Å². The van der Waals surface area contributed by atoms with Gasteiger partial charge < -0.3 is 0 Å². The van der Waals surface area contributed by atoms with E-state index in [0.29, 0.717) is 0 Å². The second-order valence-corrected chi connectivity index (χ2v) is 3.34. The predicted molar refractivity (Wildman–Crippen MR) is 56.8 cm³/mol. The van der Waals surface area contributed by atoms with Crippen molar-refractivity contribution in [2.45, 2.75) is 19.8 Å². The molecule has 65 valence electrons. The Balaban J connectivity index is 2.49. The van der Waals surface area contributed by atoms with Crippen LogP contribution in [0.4, 0.5) is 0 Å². The summed E-state index contributed by atoms with van der Waals surface area (Å²) in [6.07, 6.45) is 2.37. The molecule has 13 heavy (non-hydrogen) atoms. The van der Waals surface area contributed by atoms with Crippen molar-refractivity contribution in [3.05, 3.63) is 48.0 Å². The largest absolute Gasteiger partial charge is 0.0651 e. The van der Waals surface area contributed by atoms with Gasteiger partial charge in [0, 0.05) is 0 Å². The molecule has 0 aliphatic carbocycles. The molecular formula is C13H13. The molecule has 2 aromatic rings. The van der Waals surface area contributed by atoms with E-state index < -0.39 is 0 Å². The topological polar surface area (TPSA) is 0 Å². The fraction of sp³-hybridized carbons (Fsp3) is 0.231. The van der Waals surface area contributed by atoms with Crippen molar-refractivity contribution in [1.29, 1.82) is 0 Å². The Hall–Kier alpha value is -1.30. The van der Waals surface area contributed by atoms with Gasteiger partial charge in [-0.1, -0.05) is 49.7 Å². The van der Waals surface area contributed by atoms with Crippen molar-refractivity contribution in [3.63, 3.8) is 0 Å². The van der Waals surface area contributed by atoms with Crippen LogP contribution in [0.15, 0.2) is 36.4 Å². The number of benzene rings is 2. The molecular weight excluding hydrogens is 156 g/mol. The molecule has 0 N–H and O–H groups in total. The van der Waals surface area contributed by atoms with Crippen molar-refractivity contribution in [2.24, 2.45) is 0 Å². The summed E-state index contributed by atoms with van der Waals surface area (Å²) >= 11 is 0.